The van der Waals surface area contributed by atoms with Gasteiger partial charge in [-0.15, -0.1) is 0 Å². The van der Waals surface area contributed by atoms with Crippen LogP contribution in [0.15, 0.2) is 29.7 Å². The number of nitrogens with zero attached hydrogens (tertiary/aromatic N) is 5. The first-order chi connectivity index (χ1) is 19.5. The molecular formula is C20H25N7O11P2S. The maximum absolute atomic E-state index is 13.4. The molecule has 6 rings (SSSR count). The molecule has 5 heterocycles. The van der Waals surface area contributed by atoms with Crippen molar-refractivity contribution in [2.24, 2.45) is 5.92 Å². The Morgan fingerprint density at radius 1 is 1.17 bits per heavy atom. The molecule has 2 saturated heterocycles. The topological polar surface area (TPSA) is 245 Å². The van der Waals surface area contributed by atoms with E-state index >= 15 is 0 Å². The van der Waals surface area contributed by atoms with Crippen molar-refractivity contribution in [3.63, 3.8) is 0 Å². The van der Waals surface area contributed by atoms with Crippen LogP contribution in [0.5, 0.6) is 5.88 Å². The van der Waals surface area contributed by atoms with Crippen LogP contribution in [0.2, 0.25) is 0 Å². The minimum Gasteiger partial charge on any atom is -0.474 e. The molecule has 41 heavy (non-hydrogen) atoms. The summed E-state index contributed by atoms with van der Waals surface area (Å²) >= 11 is 4.09. The molecule has 0 amide bonds. The molecule has 1 saturated carbocycles. The number of aromatic nitrogens is 6. The highest BCUT2D eigenvalue weighted by Gasteiger charge is 2.51. The number of anilines is 1. The normalized spacial score (nSPS) is 38.1. The van der Waals surface area contributed by atoms with Crippen LogP contribution >= 0.6 is 26.9 Å². The molecule has 1 aliphatic carbocycles. The van der Waals surface area contributed by atoms with Crippen molar-refractivity contribution in [3.05, 3.63) is 35.3 Å². The fraction of sp³-hybridized carbons (Fsp3) is 0.550. The third-order valence-electron chi connectivity index (χ3n) is 6.84. The predicted molar refractivity (Wildman–Crippen MR) is 140 cm³/mol. The zero-order chi connectivity index (χ0) is 28.9. The van der Waals surface area contributed by atoms with Crippen molar-refractivity contribution >= 4 is 44.0 Å². The molecular weight excluding hydrogens is 608 g/mol. The van der Waals surface area contributed by atoms with Gasteiger partial charge in [-0.3, -0.25) is 27.9 Å². The SMILES string of the molecule is Nc1nc2c(ncn2[C@@H]2O[C@@H]3COP(=O)(O)O[C@H]4C[C@H](Oc5ccncn5)C[C@@H]4CO[P@](=O)(S)O[C@@H]2[C@@H]3O)c(=O)[nH]1. The molecule has 3 fully saturated rings. The zero-order valence-electron chi connectivity index (χ0n) is 20.9. The molecule has 2 aliphatic heterocycles. The summed E-state index contributed by atoms with van der Waals surface area (Å²) in [5, 5.41) is 11.0. The lowest BCUT2D eigenvalue weighted by molar-refractivity contribution is -0.0533. The van der Waals surface area contributed by atoms with E-state index in [1.54, 1.807) is 6.07 Å². The fourth-order valence-corrected chi connectivity index (χ4v) is 7.52. The Labute approximate surface area is 235 Å². The monoisotopic (exact) mass is 633 g/mol. The van der Waals surface area contributed by atoms with Gasteiger partial charge in [0.25, 0.3) is 5.56 Å². The maximum atomic E-state index is 13.4. The molecule has 222 valence electrons. The lowest BCUT2D eigenvalue weighted by Gasteiger charge is -2.26. The van der Waals surface area contributed by atoms with Gasteiger partial charge in [0.05, 0.1) is 25.6 Å². The lowest BCUT2D eigenvalue weighted by Crippen LogP contribution is -2.35. The first-order valence-corrected chi connectivity index (χ1v) is 16.5. The number of fused-ring (bicyclic) bond motifs is 4. The summed E-state index contributed by atoms with van der Waals surface area (Å²) in [6.07, 6.45) is -2.50. The smallest absolute Gasteiger partial charge is 0.472 e. The number of nitrogens with one attached hydrogen (secondary N) is 1. The highest BCUT2D eigenvalue weighted by Crippen LogP contribution is 2.58. The molecule has 3 aliphatic rings. The number of hydrogen-bond acceptors (Lipinski definition) is 15. The first-order valence-electron chi connectivity index (χ1n) is 12.3. The maximum Gasteiger partial charge on any atom is 0.472 e. The molecule has 21 heteroatoms. The van der Waals surface area contributed by atoms with Gasteiger partial charge in [0.15, 0.2) is 17.4 Å². The Bertz CT molecular complexity index is 1580. The second kappa shape index (κ2) is 11.0. The number of imidazole rings is 1. The van der Waals surface area contributed by atoms with Crippen LogP contribution in [0.4, 0.5) is 5.95 Å². The van der Waals surface area contributed by atoms with Crippen LogP contribution in [-0.4, -0.2) is 83.2 Å². The van der Waals surface area contributed by atoms with Gasteiger partial charge in [0, 0.05) is 24.6 Å². The Morgan fingerprint density at radius 3 is 2.78 bits per heavy atom. The van der Waals surface area contributed by atoms with Crippen LogP contribution in [0.3, 0.4) is 0 Å². The van der Waals surface area contributed by atoms with Crippen LogP contribution in [0, 0.1) is 5.92 Å². The number of rotatable bonds is 3. The molecule has 3 aromatic heterocycles. The Hall–Kier alpha value is -2.44. The van der Waals surface area contributed by atoms with E-state index in [1.165, 1.54) is 23.4 Å². The van der Waals surface area contributed by atoms with E-state index in [1.807, 2.05) is 0 Å². The molecule has 3 aromatic rings. The highest BCUT2D eigenvalue weighted by atomic mass is 32.7. The van der Waals surface area contributed by atoms with E-state index in [-0.39, 0.29) is 36.6 Å². The van der Waals surface area contributed by atoms with Crippen LogP contribution in [-0.2, 0) is 32.0 Å². The number of thiol groups is 1. The van der Waals surface area contributed by atoms with E-state index in [0.717, 1.165) is 0 Å². The van der Waals surface area contributed by atoms with Gasteiger partial charge in [-0.1, -0.05) is 12.2 Å². The lowest BCUT2D eigenvalue weighted by atomic mass is 10.1. The van der Waals surface area contributed by atoms with Gasteiger partial charge in [0.1, 0.15) is 30.7 Å². The van der Waals surface area contributed by atoms with Gasteiger partial charge in [0.2, 0.25) is 11.8 Å². The second-order valence-corrected chi connectivity index (χ2v) is 13.9. The summed E-state index contributed by atoms with van der Waals surface area (Å²) in [5.74, 6) is -0.497. The van der Waals surface area contributed by atoms with Crippen molar-refractivity contribution in [3.8, 4) is 5.88 Å². The largest absolute Gasteiger partial charge is 0.474 e. The third kappa shape index (κ3) is 6.06. The van der Waals surface area contributed by atoms with E-state index in [4.69, 9.17) is 33.3 Å². The van der Waals surface area contributed by atoms with Crippen LogP contribution in [0.25, 0.3) is 11.2 Å². The zero-order valence-corrected chi connectivity index (χ0v) is 23.6. The summed E-state index contributed by atoms with van der Waals surface area (Å²) in [4.78, 5) is 41.0. The number of hydrogen-bond donors (Lipinski definition) is 5. The molecule has 0 aromatic carbocycles. The van der Waals surface area contributed by atoms with Crippen LogP contribution in [0.1, 0.15) is 19.1 Å². The number of nitrogen functional groups attached to an aromatic ring is 1. The Morgan fingerprint density at radius 2 is 2.00 bits per heavy atom. The fourth-order valence-electron chi connectivity index (χ4n) is 5.02. The summed E-state index contributed by atoms with van der Waals surface area (Å²) in [6.45, 7) is -5.09. The number of nitrogens with two attached hydrogens (primary N) is 1. The van der Waals surface area contributed by atoms with Gasteiger partial charge in [-0.05, 0) is 6.42 Å². The Balaban J connectivity index is 1.28. The van der Waals surface area contributed by atoms with Crippen molar-refractivity contribution < 1.29 is 46.7 Å². The molecule has 18 nitrogen and oxygen atoms in total. The summed E-state index contributed by atoms with van der Waals surface area (Å²) < 4.78 is 61.1. The van der Waals surface area contributed by atoms with E-state index in [9.17, 15) is 23.9 Å². The van der Waals surface area contributed by atoms with E-state index < -0.39 is 69.5 Å². The first kappa shape index (κ1) is 28.7. The number of phosphoric ester groups is 1. The molecule has 1 unspecified atom stereocenters. The van der Waals surface area contributed by atoms with Crippen molar-refractivity contribution in [1.82, 2.24) is 29.5 Å². The molecule has 0 spiro atoms. The minimum absolute atomic E-state index is 0.0191. The van der Waals surface area contributed by atoms with Gasteiger partial charge >= 0.3 is 14.6 Å². The van der Waals surface area contributed by atoms with E-state index in [0.29, 0.717) is 5.88 Å². The van der Waals surface area contributed by atoms with Crippen molar-refractivity contribution in [2.45, 2.75) is 49.6 Å². The summed E-state index contributed by atoms with van der Waals surface area (Å²) in [6, 6.07) is 1.56. The molecule has 5 N–H and O–H groups in total. The molecule has 0 radical (unpaired) electrons. The molecule has 9 atom stereocenters. The van der Waals surface area contributed by atoms with Gasteiger partial charge in [-0.25, -0.2) is 24.1 Å². The van der Waals surface area contributed by atoms with Crippen LogP contribution < -0.4 is 16.0 Å². The summed E-state index contributed by atoms with van der Waals surface area (Å²) in [7, 11) is -4.70. The number of aliphatic hydroxyl groups is 1. The number of aromatic amines is 1. The van der Waals surface area contributed by atoms with Crippen molar-refractivity contribution in [2.75, 3.05) is 18.9 Å². The van der Waals surface area contributed by atoms with E-state index in [2.05, 4.69) is 37.2 Å². The average molecular weight is 633 g/mol. The van der Waals surface area contributed by atoms with Gasteiger partial charge in [-0.2, -0.15) is 4.98 Å². The quantitative estimate of drug-likeness (QED) is 0.195. The number of ether oxygens (including phenoxy) is 2. The minimum atomic E-state index is -4.70. The Kier molecular flexibility index (Phi) is 7.69. The highest BCUT2D eigenvalue weighted by molar-refractivity contribution is 8.44. The van der Waals surface area contributed by atoms with Crippen molar-refractivity contribution in [1.29, 1.82) is 0 Å². The van der Waals surface area contributed by atoms with Gasteiger partial charge < -0.3 is 29.7 Å². The number of aliphatic hydroxyl groups excluding tert-OH is 1. The third-order valence-corrected chi connectivity index (χ3v) is 9.47. The standard InChI is InChI=1S/C20H25N7O11P2S/c21-20-25-17-14(18(29)26-20)24-8-27(17)19-16-15(28)12(36-19)6-33-39(30,31)37-11-4-10(35-13-1-2-22-7-23-13)3-9(11)5-34-40(32,41)38-16/h1-2,7-12,15-16,19,28H,3-6H2,(H,30,31)(H,32,41)(H3,21,25,26,29)/t9-,10-,11+,12-,15-,16-,19-,40+/m1/s1. The second-order valence-electron chi connectivity index (χ2n) is 9.59. The number of phosphoric acid groups is 1. The predicted octanol–water partition coefficient (Wildman–Crippen LogP) is 0.563. The molecule has 2 bridgehead atoms. The summed E-state index contributed by atoms with van der Waals surface area (Å²) in [5.41, 5.74) is 4.95. The number of H-pyrrole nitrogens is 1. The average Bonchev–Trinajstić information content (AvgIpc) is 3.57.